The van der Waals surface area contributed by atoms with Crippen LogP contribution in [-0.4, -0.2) is 60.3 Å². The highest BCUT2D eigenvalue weighted by Gasteiger charge is 2.32. The molecule has 2 heterocycles. The van der Waals surface area contributed by atoms with E-state index in [4.69, 9.17) is 9.47 Å². The number of ether oxygens (including phenoxy) is 2. The van der Waals surface area contributed by atoms with Gasteiger partial charge in [-0.3, -0.25) is 9.69 Å². The Morgan fingerprint density at radius 2 is 2.12 bits per heavy atom. The van der Waals surface area contributed by atoms with E-state index in [1.54, 1.807) is 7.11 Å². The number of nitrogens with one attached hydrogen (secondary N) is 1. The first-order chi connectivity index (χ1) is 15.6. The van der Waals surface area contributed by atoms with Gasteiger partial charge in [-0.25, -0.2) is 4.98 Å². The fraction of sp³-hybridized carbons (Fsp3) is 0.600. The molecule has 1 saturated heterocycles. The number of rotatable bonds is 10. The summed E-state index contributed by atoms with van der Waals surface area (Å²) in [6.07, 6.45) is 9.04. The Kier molecular flexibility index (Phi) is 7.81. The second kappa shape index (κ2) is 11.0. The van der Waals surface area contributed by atoms with Gasteiger partial charge in [0.25, 0.3) is 0 Å². The normalized spacial score (nSPS) is 20.8. The number of hydrogen-bond acceptors (Lipinski definition) is 5. The van der Waals surface area contributed by atoms with Crippen molar-refractivity contribution in [2.45, 2.75) is 38.6 Å². The number of aromatic nitrogens is 2. The third kappa shape index (κ3) is 5.90. The first kappa shape index (κ1) is 22.8. The summed E-state index contributed by atoms with van der Waals surface area (Å²) in [7, 11) is 3.70. The minimum absolute atomic E-state index is 0.0415. The lowest BCUT2D eigenvalue weighted by molar-refractivity contribution is -0.127. The van der Waals surface area contributed by atoms with Crippen molar-refractivity contribution < 1.29 is 14.3 Å². The molecule has 0 spiro atoms. The maximum absolute atomic E-state index is 12.9. The Labute approximate surface area is 191 Å². The van der Waals surface area contributed by atoms with E-state index >= 15 is 0 Å². The summed E-state index contributed by atoms with van der Waals surface area (Å²) in [5.74, 6) is 2.36. The molecule has 1 aromatic heterocycles. The number of piperidine rings is 1. The largest absolute Gasteiger partial charge is 0.493 e. The summed E-state index contributed by atoms with van der Waals surface area (Å²) < 4.78 is 13.4. The summed E-state index contributed by atoms with van der Waals surface area (Å²) in [6, 6.07) is 6.51. The average molecular weight is 441 g/mol. The number of fused-ring (bicyclic) bond motifs is 1. The molecule has 0 radical (unpaired) electrons. The van der Waals surface area contributed by atoms with E-state index in [0.29, 0.717) is 25.7 Å². The van der Waals surface area contributed by atoms with E-state index in [9.17, 15) is 4.79 Å². The summed E-state index contributed by atoms with van der Waals surface area (Å²) in [5.41, 5.74) is 2.89. The molecule has 32 heavy (non-hydrogen) atoms. The van der Waals surface area contributed by atoms with Crippen molar-refractivity contribution in [2.75, 3.05) is 40.0 Å². The second-order valence-corrected chi connectivity index (χ2v) is 9.18. The third-order valence-corrected chi connectivity index (χ3v) is 6.65. The molecule has 0 unspecified atom stereocenters. The van der Waals surface area contributed by atoms with Gasteiger partial charge in [-0.05, 0) is 55.4 Å². The Bertz CT molecular complexity index is 897. The van der Waals surface area contributed by atoms with Gasteiger partial charge in [-0.2, -0.15) is 0 Å². The molecular formula is C25H36N4O3. The monoisotopic (exact) mass is 440 g/mol. The number of nitrogens with zero attached hydrogens (tertiary/aromatic N) is 3. The Hall–Kier alpha value is -2.38. The number of aryl methyl sites for hydroxylation is 3. The summed E-state index contributed by atoms with van der Waals surface area (Å²) in [4.78, 5) is 19.7. The van der Waals surface area contributed by atoms with Crippen LogP contribution in [0.5, 0.6) is 5.75 Å². The predicted molar refractivity (Wildman–Crippen MR) is 124 cm³/mol. The van der Waals surface area contributed by atoms with Crippen LogP contribution in [0.25, 0.3) is 0 Å². The Morgan fingerprint density at radius 3 is 2.94 bits per heavy atom. The minimum atomic E-state index is -0.0415. The van der Waals surface area contributed by atoms with Crippen LogP contribution in [0.15, 0.2) is 30.6 Å². The maximum Gasteiger partial charge on any atom is 0.224 e. The van der Waals surface area contributed by atoms with E-state index in [-0.39, 0.29) is 11.8 Å². The molecule has 174 valence electrons. The quantitative estimate of drug-likeness (QED) is 0.575. The van der Waals surface area contributed by atoms with Crippen molar-refractivity contribution >= 4 is 5.91 Å². The van der Waals surface area contributed by atoms with Crippen molar-refractivity contribution in [3.8, 4) is 5.75 Å². The number of benzene rings is 1. The zero-order chi connectivity index (χ0) is 22.3. The zero-order valence-corrected chi connectivity index (χ0v) is 19.4. The van der Waals surface area contributed by atoms with Crippen LogP contribution in [0.3, 0.4) is 0 Å². The lowest BCUT2D eigenvalue weighted by Gasteiger charge is -2.37. The SMILES string of the molecule is COCCCNC(=O)[C@@H]1C[C@H](COc2ccc3c(c2)CCC3)CN(Cc2nccn2C)C1. The van der Waals surface area contributed by atoms with Crippen LogP contribution < -0.4 is 10.1 Å². The fourth-order valence-corrected chi connectivity index (χ4v) is 4.92. The third-order valence-electron chi connectivity index (χ3n) is 6.65. The summed E-state index contributed by atoms with van der Waals surface area (Å²) >= 11 is 0. The molecule has 2 aliphatic rings. The number of hydrogen-bond donors (Lipinski definition) is 1. The highest BCUT2D eigenvalue weighted by atomic mass is 16.5. The van der Waals surface area contributed by atoms with E-state index in [2.05, 4.69) is 33.4 Å². The number of carbonyl (C=O) groups is 1. The van der Waals surface area contributed by atoms with Crippen LogP contribution in [0.2, 0.25) is 0 Å². The number of likely N-dealkylation sites (tertiary alicyclic amines) is 1. The molecule has 1 N–H and O–H groups in total. The van der Waals surface area contributed by atoms with E-state index in [1.807, 2.05) is 24.0 Å². The van der Waals surface area contributed by atoms with Crippen LogP contribution in [0.1, 0.15) is 36.2 Å². The Balaban J connectivity index is 1.37. The van der Waals surface area contributed by atoms with E-state index in [0.717, 1.165) is 50.5 Å². The van der Waals surface area contributed by atoms with E-state index < -0.39 is 0 Å². The van der Waals surface area contributed by atoms with Gasteiger partial charge in [-0.15, -0.1) is 0 Å². The van der Waals surface area contributed by atoms with E-state index in [1.165, 1.54) is 24.0 Å². The number of carbonyl (C=O) groups excluding carboxylic acids is 1. The molecule has 1 aliphatic carbocycles. The van der Waals surface area contributed by atoms with Gasteiger partial charge in [-0.1, -0.05) is 6.07 Å². The molecular weight excluding hydrogens is 404 g/mol. The molecule has 1 amide bonds. The topological polar surface area (TPSA) is 68.6 Å². The second-order valence-electron chi connectivity index (χ2n) is 9.18. The van der Waals surface area contributed by atoms with Crippen molar-refractivity contribution in [3.63, 3.8) is 0 Å². The zero-order valence-electron chi connectivity index (χ0n) is 19.4. The van der Waals surface area contributed by atoms with Gasteiger partial charge >= 0.3 is 0 Å². The highest BCUT2D eigenvalue weighted by molar-refractivity contribution is 5.79. The van der Waals surface area contributed by atoms with Crippen molar-refractivity contribution in [1.29, 1.82) is 0 Å². The molecule has 7 nitrogen and oxygen atoms in total. The first-order valence-corrected chi connectivity index (χ1v) is 11.8. The van der Waals surface area contributed by atoms with Gasteiger partial charge in [0.15, 0.2) is 0 Å². The lowest BCUT2D eigenvalue weighted by Crippen LogP contribution is -2.47. The number of methoxy groups -OCH3 is 1. The molecule has 1 aliphatic heterocycles. The van der Waals surface area contributed by atoms with Gasteiger partial charge in [0.05, 0.1) is 19.1 Å². The Morgan fingerprint density at radius 1 is 1.25 bits per heavy atom. The van der Waals surface area contributed by atoms with Crippen LogP contribution in [-0.2, 0) is 36.0 Å². The molecule has 2 aromatic rings. The standard InChI is InChI=1S/C25H36N4O3/c1-28-11-10-26-24(28)17-29-15-19(13-22(16-29)25(30)27-9-4-12-31-2)18-32-23-8-7-20-5-3-6-21(20)14-23/h7-8,10-11,14,19,22H,3-6,9,12-13,15-18H2,1-2H3,(H,27,30)/t19-,22+/m0/s1. The smallest absolute Gasteiger partial charge is 0.224 e. The molecule has 7 heteroatoms. The molecule has 1 fully saturated rings. The molecule has 1 aromatic carbocycles. The molecule has 0 saturated carbocycles. The van der Waals surface area contributed by atoms with Crippen LogP contribution in [0, 0.1) is 11.8 Å². The molecule has 0 bridgehead atoms. The first-order valence-electron chi connectivity index (χ1n) is 11.8. The highest BCUT2D eigenvalue weighted by Crippen LogP contribution is 2.28. The van der Waals surface area contributed by atoms with Crippen molar-refractivity contribution in [1.82, 2.24) is 19.8 Å². The van der Waals surface area contributed by atoms with Gasteiger partial charge in [0.1, 0.15) is 11.6 Å². The van der Waals surface area contributed by atoms with Crippen LogP contribution >= 0.6 is 0 Å². The fourth-order valence-electron chi connectivity index (χ4n) is 4.92. The summed E-state index contributed by atoms with van der Waals surface area (Å²) in [6.45, 7) is 4.34. The van der Waals surface area contributed by atoms with Crippen molar-refractivity contribution in [3.05, 3.63) is 47.5 Å². The lowest BCUT2D eigenvalue weighted by atomic mass is 9.89. The molecule has 4 rings (SSSR count). The van der Waals surface area contributed by atoms with Gasteiger partial charge < -0.3 is 19.4 Å². The minimum Gasteiger partial charge on any atom is -0.493 e. The summed E-state index contributed by atoms with van der Waals surface area (Å²) in [5, 5.41) is 3.09. The van der Waals surface area contributed by atoms with Crippen LogP contribution in [0.4, 0.5) is 0 Å². The average Bonchev–Trinajstić information content (AvgIpc) is 3.43. The van der Waals surface area contributed by atoms with Gasteiger partial charge in [0.2, 0.25) is 5.91 Å². The maximum atomic E-state index is 12.9. The number of imidazole rings is 1. The molecule has 2 atom stereocenters. The van der Waals surface area contributed by atoms with Gasteiger partial charge in [0, 0.05) is 58.7 Å². The predicted octanol–water partition coefficient (Wildman–Crippen LogP) is 2.58. The van der Waals surface area contributed by atoms with Crippen molar-refractivity contribution in [2.24, 2.45) is 18.9 Å². The number of amides is 1.